The molecule has 1 saturated heterocycles. The van der Waals surface area contributed by atoms with Gasteiger partial charge in [0.05, 0.1) is 24.3 Å². The Morgan fingerprint density at radius 3 is 2.39 bits per heavy atom. The number of nitrogens with two attached hydrogens (primary N) is 1. The maximum absolute atomic E-state index is 14.5. The third kappa shape index (κ3) is 4.53. The number of carbonyl (C=O) groups excluding carboxylic acids is 1. The first kappa shape index (κ1) is 23.5. The first-order chi connectivity index (χ1) is 17.2. The molecular formula is C26H28FN7O2. The molecule has 0 aliphatic carbocycles. The van der Waals surface area contributed by atoms with Crippen LogP contribution in [0.15, 0.2) is 54.7 Å². The summed E-state index contributed by atoms with van der Waals surface area (Å²) in [6.45, 7) is 7.51. The molecule has 9 nitrogen and oxygen atoms in total. The summed E-state index contributed by atoms with van der Waals surface area (Å²) in [7, 11) is 0. The van der Waals surface area contributed by atoms with Crippen molar-refractivity contribution in [2.45, 2.75) is 26.4 Å². The fourth-order valence-corrected chi connectivity index (χ4v) is 4.22. The van der Waals surface area contributed by atoms with Gasteiger partial charge in [-0.25, -0.2) is 28.8 Å². The van der Waals surface area contributed by atoms with Crippen LogP contribution in [-0.2, 0) is 4.74 Å². The Labute approximate surface area is 208 Å². The molecule has 0 unspecified atom stereocenters. The van der Waals surface area contributed by atoms with Crippen molar-refractivity contribution < 1.29 is 13.9 Å². The Morgan fingerprint density at radius 2 is 1.69 bits per heavy atom. The maximum atomic E-state index is 14.5. The van der Waals surface area contributed by atoms with Crippen LogP contribution in [0, 0.1) is 5.82 Å². The van der Waals surface area contributed by atoms with Gasteiger partial charge in [0.2, 0.25) is 0 Å². The number of pyridine rings is 2. The number of hydrogen-bond donors (Lipinski definition) is 1. The number of piperazine rings is 1. The fourth-order valence-electron chi connectivity index (χ4n) is 4.22. The predicted molar refractivity (Wildman–Crippen MR) is 136 cm³/mol. The number of rotatable bonds is 3. The van der Waals surface area contributed by atoms with Gasteiger partial charge in [0.1, 0.15) is 22.8 Å². The van der Waals surface area contributed by atoms with Crippen molar-refractivity contribution in [1.29, 1.82) is 0 Å². The van der Waals surface area contributed by atoms with E-state index in [-0.39, 0.29) is 11.9 Å². The summed E-state index contributed by atoms with van der Waals surface area (Å²) in [6, 6.07) is 13.8. The maximum Gasteiger partial charge on any atom is 0.410 e. The highest BCUT2D eigenvalue weighted by Gasteiger charge is 2.29. The lowest BCUT2D eigenvalue weighted by molar-refractivity contribution is 0.0233. The van der Waals surface area contributed by atoms with E-state index in [2.05, 4.69) is 9.99 Å². The highest BCUT2D eigenvalue weighted by atomic mass is 19.1. The van der Waals surface area contributed by atoms with E-state index in [4.69, 9.17) is 20.4 Å². The molecule has 0 spiro atoms. The molecule has 10 heteroatoms. The van der Waals surface area contributed by atoms with Gasteiger partial charge in [0.15, 0.2) is 11.5 Å². The number of nitrogen functional groups attached to an aromatic ring is 1. The fraction of sp³-hybridized carbons (Fsp3) is 0.308. The second-order valence-electron chi connectivity index (χ2n) is 9.62. The molecule has 1 fully saturated rings. The summed E-state index contributed by atoms with van der Waals surface area (Å²) in [6.07, 6.45) is 1.29. The average molecular weight is 490 g/mol. The normalized spacial score (nSPS) is 14.3. The third-order valence-electron chi connectivity index (χ3n) is 5.90. The predicted octanol–water partition coefficient (Wildman–Crippen LogP) is 4.07. The van der Waals surface area contributed by atoms with Gasteiger partial charge in [-0.1, -0.05) is 12.1 Å². The molecule has 1 aromatic carbocycles. The summed E-state index contributed by atoms with van der Waals surface area (Å²) in [4.78, 5) is 28.1. The molecule has 36 heavy (non-hydrogen) atoms. The quantitative estimate of drug-likeness (QED) is 0.463. The summed E-state index contributed by atoms with van der Waals surface area (Å²) in [5.41, 5.74) is 8.43. The van der Waals surface area contributed by atoms with Crippen LogP contribution in [-0.4, -0.2) is 62.4 Å². The summed E-state index contributed by atoms with van der Waals surface area (Å²) in [5.74, 6) is 0.577. The van der Waals surface area contributed by atoms with Gasteiger partial charge in [0.25, 0.3) is 0 Å². The van der Waals surface area contributed by atoms with Gasteiger partial charge in [0, 0.05) is 24.8 Å². The SMILES string of the molecule is CC(C)(C)OC(=O)N1CCN(n2c(-c3cccnc3N)nc3ccc(-c4ccccc4F)nc32)CC1. The van der Waals surface area contributed by atoms with Gasteiger partial charge >= 0.3 is 6.09 Å². The molecule has 4 aromatic rings. The number of ether oxygens (including phenoxy) is 1. The van der Waals surface area contributed by atoms with Crippen LogP contribution in [0.25, 0.3) is 33.8 Å². The van der Waals surface area contributed by atoms with E-state index < -0.39 is 5.60 Å². The zero-order valence-electron chi connectivity index (χ0n) is 20.5. The number of hydrogen-bond acceptors (Lipinski definition) is 7. The minimum Gasteiger partial charge on any atom is -0.444 e. The number of fused-ring (bicyclic) bond motifs is 1. The van der Waals surface area contributed by atoms with Crippen molar-refractivity contribution in [3.8, 4) is 22.6 Å². The molecule has 0 saturated carbocycles. The van der Waals surface area contributed by atoms with E-state index in [0.29, 0.717) is 65.8 Å². The Morgan fingerprint density at radius 1 is 0.972 bits per heavy atom. The number of nitrogens with zero attached hydrogens (tertiary/aromatic N) is 6. The van der Waals surface area contributed by atoms with Gasteiger partial charge < -0.3 is 20.4 Å². The van der Waals surface area contributed by atoms with E-state index in [1.54, 1.807) is 41.4 Å². The lowest BCUT2D eigenvalue weighted by Crippen LogP contribution is -2.53. The molecule has 1 aliphatic rings. The van der Waals surface area contributed by atoms with Crippen LogP contribution in [0.2, 0.25) is 0 Å². The Hall–Kier alpha value is -4.21. The van der Waals surface area contributed by atoms with Crippen molar-refractivity contribution in [1.82, 2.24) is 24.5 Å². The highest BCUT2D eigenvalue weighted by Crippen LogP contribution is 2.30. The monoisotopic (exact) mass is 489 g/mol. The molecule has 4 heterocycles. The van der Waals surface area contributed by atoms with Crippen LogP contribution in [0.5, 0.6) is 0 Å². The number of amides is 1. The summed E-state index contributed by atoms with van der Waals surface area (Å²) in [5, 5.41) is 2.07. The Bertz CT molecular complexity index is 1420. The third-order valence-corrected chi connectivity index (χ3v) is 5.90. The van der Waals surface area contributed by atoms with Crippen LogP contribution in [0.4, 0.5) is 15.0 Å². The molecule has 5 rings (SSSR count). The number of imidazole rings is 1. The number of anilines is 1. The molecule has 1 amide bonds. The second kappa shape index (κ2) is 9.10. The van der Waals surface area contributed by atoms with Crippen LogP contribution in [0.1, 0.15) is 20.8 Å². The average Bonchev–Trinajstić information content (AvgIpc) is 3.22. The molecular weight excluding hydrogens is 461 g/mol. The lowest BCUT2D eigenvalue weighted by Gasteiger charge is -2.37. The molecule has 2 N–H and O–H groups in total. The minimum absolute atomic E-state index is 0.339. The van der Waals surface area contributed by atoms with Gasteiger partial charge in [-0.2, -0.15) is 0 Å². The molecule has 0 atom stereocenters. The standard InChI is InChI=1S/C26H28FN7O2/c1-26(2,3)36-25(35)32-13-15-33(16-14-32)34-23(18-8-6-12-29-22(18)28)31-21-11-10-20(30-24(21)34)17-7-4-5-9-19(17)27/h4-12H,13-16H2,1-3H3,(H2,28,29). The Balaban J connectivity index is 1.56. The second-order valence-corrected chi connectivity index (χ2v) is 9.62. The zero-order valence-corrected chi connectivity index (χ0v) is 20.5. The van der Waals surface area contributed by atoms with Crippen molar-refractivity contribution >= 4 is 23.1 Å². The topological polar surface area (TPSA) is 102 Å². The van der Waals surface area contributed by atoms with Gasteiger partial charge in [-0.3, -0.25) is 0 Å². The zero-order chi connectivity index (χ0) is 25.4. The molecule has 3 aromatic heterocycles. The minimum atomic E-state index is -0.563. The molecule has 186 valence electrons. The summed E-state index contributed by atoms with van der Waals surface area (Å²) < 4.78 is 22.0. The first-order valence-electron chi connectivity index (χ1n) is 11.8. The summed E-state index contributed by atoms with van der Waals surface area (Å²) >= 11 is 0. The largest absolute Gasteiger partial charge is 0.444 e. The smallest absolute Gasteiger partial charge is 0.410 e. The first-order valence-corrected chi connectivity index (χ1v) is 11.8. The van der Waals surface area contributed by atoms with Crippen molar-refractivity contribution in [2.75, 3.05) is 36.9 Å². The molecule has 1 aliphatic heterocycles. The van der Waals surface area contributed by atoms with Crippen LogP contribution in [0.3, 0.4) is 0 Å². The van der Waals surface area contributed by atoms with Crippen LogP contribution < -0.4 is 10.7 Å². The number of aromatic nitrogens is 4. The number of benzene rings is 1. The molecule has 0 radical (unpaired) electrons. The van der Waals surface area contributed by atoms with Crippen molar-refractivity contribution in [3.05, 3.63) is 60.5 Å². The van der Waals surface area contributed by atoms with Gasteiger partial charge in [-0.15, -0.1) is 0 Å². The van der Waals surface area contributed by atoms with Crippen LogP contribution >= 0.6 is 0 Å². The molecule has 0 bridgehead atoms. The van der Waals surface area contributed by atoms with E-state index in [9.17, 15) is 9.18 Å². The van der Waals surface area contributed by atoms with Gasteiger partial charge in [-0.05, 0) is 57.2 Å². The van der Waals surface area contributed by atoms with E-state index in [0.717, 1.165) is 0 Å². The Kier molecular flexibility index (Phi) is 5.95. The van der Waals surface area contributed by atoms with Crippen molar-refractivity contribution in [3.63, 3.8) is 0 Å². The lowest BCUT2D eigenvalue weighted by atomic mass is 10.1. The van der Waals surface area contributed by atoms with E-state index >= 15 is 0 Å². The number of carbonyl (C=O) groups is 1. The van der Waals surface area contributed by atoms with Crippen molar-refractivity contribution in [2.24, 2.45) is 0 Å². The van der Waals surface area contributed by atoms with E-state index in [1.807, 2.05) is 37.6 Å². The number of halogens is 1. The van der Waals surface area contributed by atoms with E-state index in [1.165, 1.54) is 6.07 Å². The highest BCUT2D eigenvalue weighted by molar-refractivity contribution is 5.83.